The fourth-order valence-corrected chi connectivity index (χ4v) is 1.95. The molecule has 0 amide bonds. The van der Waals surface area contributed by atoms with Crippen LogP contribution in [0.5, 0.6) is 0 Å². The first kappa shape index (κ1) is 8.27. The second-order valence-electron chi connectivity index (χ2n) is 4.06. The highest BCUT2D eigenvalue weighted by atomic mass is 16.5. The second-order valence-corrected chi connectivity index (χ2v) is 4.06. The highest BCUT2D eigenvalue weighted by Crippen LogP contribution is 2.26. The zero-order valence-electron chi connectivity index (χ0n) is 7.84. The molecule has 0 aromatic heterocycles. The van der Waals surface area contributed by atoms with Gasteiger partial charge in [0.05, 0.1) is 12.2 Å². The Morgan fingerprint density at radius 3 is 3.00 bits per heavy atom. The molecular formula is C10H17NO. The lowest BCUT2D eigenvalue weighted by Gasteiger charge is -2.35. The molecule has 2 aliphatic rings. The van der Waals surface area contributed by atoms with Gasteiger partial charge >= 0.3 is 0 Å². The van der Waals surface area contributed by atoms with E-state index < -0.39 is 0 Å². The van der Waals surface area contributed by atoms with Crippen molar-refractivity contribution >= 4 is 0 Å². The normalized spacial score (nSPS) is 35.1. The van der Waals surface area contributed by atoms with Gasteiger partial charge in [-0.2, -0.15) is 0 Å². The van der Waals surface area contributed by atoms with Crippen molar-refractivity contribution in [2.45, 2.75) is 32.5 Å². The van der Waals surface area contributed by atoms with Gasteiger partial charge in [0.15, 0.2) is 0 Å². The highest BCUT2D eigenvalue weighted by Gasteiger charge is 2.27. The van der Waals surface area contributed by atoms with Gasteiger partial charge in [-0.3, -0.25) is 0 Å². The van der Waals surface area contributed by atoms with Gasteiger partial charge in [0.2, 0.25) is 0 Å². The van der Waals surface area contributed by atoms with Crippen LogP contribution >= 0.6 is 0 Å². The van der Waals surface area contributed by atoms with Crippen LogP contribution in [0.2, 0.25) is 0 Å². The molecule has 0 aromatic rings. The van der Waals surface area contributed by atoms with Crippen molar-refractivity contribution in [3.8, 4) is 0 Å². The second kappa shape index (κ2) is 3.19. The molecule has 0 saturated carbocycles. The minimum atomic E-state index is 0.342. The summed E-state index contributed by atoms with van der Waals surface area (Å²) in [5.74, 6) is 0.692. The quantitative estimate of drug-likeness (QED) is 0.595. The molecule has 2 heterocycles. The highest BCUT2D eigenvalue weighted by molar-refractivity contribution is 5.14. The molecule has 2 heteroatoms. The van der Waals surface area contributed by atoms with E-state index in [2.05, 4.69) is 25.2 Å². The summed E-state index contributed by atoms with van der Waals surface area (Å²) in [7, 11) is 0. The standard InChI is InChI=1S/C10H17NO/c1-7(2)8-3-9-5-11-6-10(4-8)12-9/h3,7,9-11H,4-6H2,1-2H3/t9-,10+/m1/s1. The molecule has 0 radical (unpaired) electrons. The van der Waals surface area contributed by atoms with E-state index in [9.17, 15) is 0 Å². The van der Waals surface area contributed by atoms with Crippen LogP contribution < -0.4 is 5.32 Å². The van der Waals surface area contributed by atoms with Crippen molar-refractivity contribution < 1.29 is 4.74 Å². The first-order chi connectivity index (χ1) is 5.75. The van der Waals surface area contributed by atoms with Crippen LogP contribution in [-0.2, 0) is 4.74 Å². The van der Waals surface area contributed by atoms with Crippen LogP contribution in [0, 0.1) is 5.92 Å². The van der Waals surface area contributed by atoms with E-state index in [1.165, 1.54) is 0 Å². The lowest BCUT2D eigenvalue weighted by molar-refractivity contribution is -0.0231. The number of ether oxygens (including phenoxy) is 1. The van der Waals surface area contributed by atoms with Crippen molar-refractivity contribution in [1.29, 1.82) is 0 Å². The van der Waals surface area contributed by atoms with Crippen LogP contribution in [0.15, 0.2) is 11.6 Å². The van der Waals surface area contributed by atoms with Gasteiger partial charge in [0.25, 0.3) is 0 Å². The predicted octanol–water partition coefficient (Wildman–Crippen LogP) is 1.33. The first-order valence-electron chi connectivity index (χ1n) is 4.82. The molecule has 0 aromatic carbocycles. The van der Waals surface area contributed by atoms with E-state index in [0.717, 1.165) is 19.5 Å². The summed E-state index contributed by atoms with van der Waals surface area (Å²) in [6.07, 6.45) is 4.20. The van der Waals surface area contributed by atoms with Gasteiger partial charge in [0.1, 0.15) is 0 Å². The molecule has 2 atom stereocenters. The maximum absolute atomic E-state index is 5.76. The van der Waals surface area contributed by atoms with Crippen LogP contribution in [0.4, 0.5) is 0 Å². The number of nitrogens with one attached hydrogen (secondary N) is 1. The molecule has 2 bridgehead atoms. The van der Waals surface area contributed by atoms with Gasteiger partial charge in [-0.1, -0.05) is 25.5 Å². The molecule has 1 N–H and O–H groups in total. The van der Waals surface area contributed by atoms with E-state index in [4.69, 9.17) is 4.74 Å². The molecule has 12 heavy (non-hydrogen) atoms. The lowest BCUT2D eigenvalue weighted by Crippen LogP contribution is -2.46. The maximum atomic E-state index is 5.76. The van der Waals surface area contributed by atoms with Crippen LogP contribution in [0.25, 0.3) is 0 Å². The van der Waals surface area contributed by atoms with E-state index in [1.54, 1.807) is 5.57 Å². The topological polar surface area (TPSA) is 21.3 Å². The van der Waals surface area contributed by atoms with Crippen molar-refractivity contribution in [3.05, 3.63) is 11.6 Å². The van der Waals surface area contributed by atoms with Crippen molar-refractivity contribution in [2.24, 2.45) is 5.92 Å². The molecular weight excluding hydrogens is 150 g/mol. The number of fused-ring (bicyclic) bond motifs is 2. The summed E-state index contributed by atoms with van der Waals surface area (Å²) >= 11 is 0. The van der Waals surface area contributed by atoms with Crippen LogP contribution in [0.3, 0.4) is 0 Å². The van der Waals surface area contributed by atoms with Crippen molar-refractivity contribution in [3.63, 3.8) is 0 Å². The van der Waals surface area contributed by atoms with Crippen molar-refractivity contribution in [2.75, 3.05) is 13.1 Å². The molecule has 2 aliphatic heterocycles. The van der Waals surface area contributed by atoms with E-state index in [-0.39, 0.29) is 0 Å². The average Bonchev–Trinajstić information content (AvgIpc) is 2.03. The van der Waals surface area contributed by atoms with E-state index >= 15 is 0 Å². The van der Waals surface area contributed by atoms with Crippen molar-refractivity contribution in [1.82, 2.24) is 5.32 Å². The predicted molar refractivity (Wildman–Crippen MR) is 49.1 cm³/mol. The number of hydrogen-bond donors (Lipinski definition) is 1. The SMILES string of the molecule is CC(C)C1=C[C@@H]2CNC[C@H](C1)O2. The van der Waals surface area contributed by atoms with Gasteiger partial charge < -0.3 is 10.1 Å². The largest absolute Gasteiger partial charge is 0.368 e. The maximum Gasteiger partial charge on any atom is 0.0887 e. The first-order valence-corrected chi connectivity index (χ1v) is 4.82. The molecule has 0 aliphatic carbocycles. The molecule has 1 fully saturated rings. The summed E-state index contributed by atoms with van der Waals surface area (Å²) in [5.41, 5.74) is 1.58. The lowest BCUT2D eigenvalue weighted by atomic mass is 9.92. The number of rotatable bonds is 1. The third-order valence-electron chi connectivity index (χ3n) is 2.69. The molecule has 68 valence electrons. The molecule has 2 rings (SSSR count). The third kappa shape index (κ3) is 1.54. The van der Waals surface area contributed by atoms with Gasteiger partial charge in [0, 0.05) is 13.1 Å². The summed E-state index contributed by atoms with van der Waals surface area (Å²) < 4.78 is 5.76. The minimum Gasteiger partial charge on any atom is -0.368 e. The summed E-state index contributed by atoms with van der Waals surface area (Å²) in [5, 5.41) is 3.38. The zero-order valence-corrected chi connectivity index (χ0v) is 7.84. The Kier molecular flexibility index (Phi) is 2.20. The summed E-state index contributed by atoms with van der Waals surface area (Å²) in [6.45, 7) is 6.55. The number of morpholine rings is 1. The summed E-state index contributed by atoms with van der Waals surface area (Å²) in [4.78, 5) is 0. The van der Waals surface area contributed by atoms with Crippen LogP contribution in [-0.4, -0.2) is 25.3 Å². The van der Waals surface area contributed by atoms with Gasteiger partial charge in [-0.25, -0.2) is 0 Å². The Hall–Kier alpha value is -0.340. The number of hydrogen-bond acceptors (Lipinski definition) is 2. The fraction of sp³-hybridized carbons (Fsp3) is 0.800. The fourth-order valence-electron chi connectivity index (χ4n) is 1.95. The third-order valence-corrected chi connectivity index (χ3v) is 2.69. The Morgan fingerprint density at radius 1 is 1.50 bits per heavy atom. The molecule has 0 unspecified atom stereocenters. The Balaban J connectivity index is 2.11. The smallest absolute Gasteiger partial charge is 0.0887 e. The Morgan fingerprint density at radius 2 is 2.33 bits per heavy atom. The minimum absolute atomic E-state index is 0.342. The Bertz CT molecular complexity index is 198. The monoisotopic (exact) mass is 167 g/mol. The average molecular weight is 167 g/mol. The zero-order chi connectivity index (χ0) is 8.55. The van der Waals surface area contributed by atoms with Gasteiger partial charge in [-0.05, 0) is 12.3 Å². The van der Waals surface area contributed by atoms with E-state index in [0.29, 0.717) is 18.1 Å². The molecule has 0 spiro atoms. The van der Waals surface area contributed by atoms with Crippen LogP contribution in [0.1, 0.15) is 20.3 Å². The summed E-state index contributed by atoms with van der Waals surface area (Å²) in [6, 6.07) is 0. The van der Waals surface area contributed by atoms with E-state index in [1.807, 2.05) is 0 Å². The molecule has 2 nitrogen and oxygen atoms in total. The Labute approximate surface area is 74.0 Å². The van der Waals surface area contributed by atoms with Gasteiger partial charge in [-0.15, -0.1) is 0 Å². The molecule has 1 saturated heterocycles.